The molecule has 1 aliphatic heterocycles. The van der Waals surface area contributed by atoms with Crippen LogP contribution in [0.5, 0.6) is 5.75 Å². The van der Waals surface area contributed by atoms with Crippen LogP contribution < -0.4 is 10.3 Å². The number of halogens is 3. The van der Waals surface area contributed by atoms with E-state index in [1.54, 1.807) is 6.07 Å². The molecule has 2 aromatic rings. The molecule has 5 nitrogen and oxygen atoms in total. The zero-order valence-electron chi connectivity index (χ0n) is 11.6. The molecule has 0 saturated heterocycles. The molecule has 0 saturated carbocycles. The number of aliphatic imine (C=N–C) groups is 1. The van der Waals surface area contributed by atoms with Gasteiger partial charge >= 0.3 is 6.36 Å². The topological polar surface area (TPSA) is 63.7 Å². The molecule has 0 aliphatic carbocycles. The Hall–Kier alpha value is -2.77. The summed E-state index contributed by atoms with van der Waals surface area (Å²) in [5.41, 5.74) is 1.10. The lowest BCUT2D eigenvalue weighted by atomic mass is 10.1. The minimum atomic E-state index is -4.71. The summed E-state index contributed by atoms with van der Waals surface area (Å²) in [5, 5.41) is 0. The monoisotopic (exact) mass is 324 g/mol. The van der Waals surface area contributed by atoms with Gasteiger partial charge in [0.2, 0.25) is 11.5 Å². The minimum absolute atomic E-state index is 0.232. The van der Waals surface area contributed by atoms with Crippen LogP contribution in [0.1, 0.15) is 17.2 Å². The Balaban J connectivity index is 1.75. The number of hydrogen-bond acceptors (Lipinski definition) is 4. The van der Waals surface area contributed by atoms with E-state index in [-0.39, 0.29) is 24.0 Å². The summed E-state index contributed by atoms with van der Waals surface area (Å²) in [7, 11) is 0. The number of aromatic nitrogens is 1. The second-order valence-electron chi connectivity index (χ2n) is 4.82. The van der Waals surface area contributed by atoms with Gasteiger partial charge in [-0.15, -0.1) is 13.2 Å². The molecule has 120 valence electrons. The Morgan fingerprint density at radius 3 is 2.52 bits per heavy atom. The zero-order chi connectivity index (χ0) is 16.4. The van der Waals surface area contributed by atoms with Gasteiger partial charge in [0.15, 0.2) is 0 Å². The SMILES string of the molecule is O=c1ccc(C2=NC(c3ccc(OC(F)(F)F)cc3)CO2)c[nH]1. The summed E-state index contributed by atoms with van der Waals surface area (Å²) >= 11 is 0. The summed E-state index contributed by atoms with van der Waals surface area (Å²) in [6, 6.07) is 8.10. The highest BCUT2D eigenvalue weighted by Crippen LogP contribution is 2.28. The standard InChI is InChI=1S/C15H11F3N2O3/c16-15(17,18)23-11-4-1-9(2-5-11)12-8-22-14(20-12)10-3-6-13(21)19-7-10/h1-7,12H,8H2,(H,19,21). The Labute approximate surface area is 128 Å². The second-order valence-corrected chi connectivity index (χ2v) is 4.82. The Bertz CT molecular complexity index is 761. The number of pyridine rings is 1. The number of hydrogen-bond donors (Lipinski definition) is 1. The lowest BCUT2D eigenvalue weighted by Crippen LogP contribution is -2.17. The highest BCUT2D eigenvalue weighted by Gasteiger charge is 2.31. The number of nitrogens with zero attached hydrogens (tertiary/aromatic N) is 1. The summed E-state index contributed by atoms with van der Waals surface area (Å²) in [6.45, 7) is 0.272. The van der Waals surface area contributed by atoms with Crippen LogP contribution in [0.2, 0.25) is 0 Å². The summed E-state index contributed by atoms with van der Waals surface area (Å²) in [6.07, 6.45) is -3.22. The first-order chi connectivity index (χ1) is 10.9. The number of benzene rings is 1. The second kappa shape index (κ2) is 5.79. The predicted octanol–water partition coefficient (Wildman–Crippen LogP) is 2.79. The third-order valence-electron chi connectivity index (χ3n) is 3.18. The zero-order valence-corrected chi connectivity index (χ0v) is 11.6. The van der Waals surface area contributed by atoms with E-state index in [1.165, 1.54) is 36.5 Å². The minimum Gasteiger partial charge on any atom is -0.475 e. The van der Waals surface area contributed by atoms with Crippen LogP contribution in [0.15, 0.2) is 52.4 Å². The molecule has 1 atom stereocenters. The number of nitrogens with one attached hydrogen (secondary N) is 1. The molecule has 8 heteroatoms. The first kappa shape index (κ1) is 15.1. The predicted molar refractivity (Wildman–Crippen MR) is 75.4 cm³/mol. The van der Waals surface area contributed by atoms with Gasteiger partial charge in [0.25, 0.3) is 0 Å². The Morgan fingerprint density at radius 1 is 1.17 bits per heavy atom. The average molecular weight is 324 g/mol. The third-order valence-corrected chi connectivity index (χ3v) is 3.18. The van der Waals surface area contributed by atoms with E-state index in [0.717, 1.165) is 0 Å². The smallest absolute Gasteiger partial charge is 0.475 e. The first-order valence-corrected chi connectivity index (χ1v) is 6.66. The van der Waals surface area contributed by atoms with Gasteiger partial charge < -0.3 is 14.5 Å². The van der Waals surface area contributed by atoms with Gasteiger partial charge in [0.1, 0.15) is 18.4 Å². The maximum Gasteiger partial charge on any atom is 0.573 e. The number of ether oxygens (including phenoxy) is 2. The van der Waals surface area contributed by atoms with E-state index in [9.17, 15) is 18.0 Å². The van der Waals surface area contributed by atoms with Crippen molar-refractivity contribution < 1.29 is 22.6 Å². The van der Waals surface area contributed by atoms with Crippen LogP contribution in [0.3, 0.4) is 0 Å². The molecule has 0 radical (unpaired) electrons. The maximum atomic E-state index is 12.1. The van der Waals surface area contributed by atoms with Crippen molar-refractivity contribution in [2.24, 2.45) is 4.99 Å². The molecule has 23 heavy (non-hydrogen) atoms. The van der Waals surface area contributed by atoms with E-state index < -0.39 is 6.36 Å². The Kier molecular flexibility index (Phi) is 3.81. The van der Waals surface area contributed by atoms with Crippen LogP contribution in [-0.2, 0) is 4.74 Å². The van der Waals surface area contributed by atoms with Gasteiger partial charge in [0.05, 0.1) is 5.56 Å². The molecule has 1 aromatic carbocycles. The van der Waals surface area contributed by atoms with Gasteiger partial charge in [-0.05, 0) is 23.8 Å². The van der Waals surface area contributed by atoms with Crippen LogP contribution in [0.4, 0.5) is 13.2 Å². The number of H-pyrrole nitrogens is 1. The van der Waals surface area contributed by atoms with E-state index in [1.807, 2.05) is 0 Å². The molecule has 1 unspecified atom stereocenters. The van der Waals surface area contributed by atoms with Crippen molar-refractivity contribution in [3.8, 4) is 5.75 Å². The van der Waals surface area contributed by atoms with Gasteiger partial charge in [0, 0.05) is 12.3 Å². The summed E-state index contributed by atoms with van der Waals surface area (Å²) in [4.78, 5) is 17.9. The Morgan fingerprint density at radius 2 is 1.91 bits per heavy atom. The molecule has 0 fully saturated rings. The average Bonchev–Trinajstić information content (AvgIpc) is 2.97. The van der Waals surface area contributed by atoms with E-state index in [0.29, 0.717) is 17.0 Å². The lowest BCUT2D eigenvalue weighted by Gasteiger charge is -2.10. The molecule has 1 N–H and O–H groups in total. The summed E-state index contributed by atoms with van der Waals surface area (Å²) in [5.74, 6) is 0.0897. The maximum absolute atomic E-state index is 12.1. The van der Waals surface area contributed by atoms with E-state index in [2.05, 4.69) is 14.7 Å². The quantitative estimate of drug-likeness (QED) is 0.944. The van der Waals surface area contributed by atoms with Gasteiger partial charge in [-0.2, -0.15) is 0 Å². The number of aromatic amines is 1. The van der Waals surface area contributed by atoms with Crippen LogP contribution in [0.25, 0.3) is 0 Å². The van der Waals surface area contributed by atoms with Gasteiger partial charge in [-0.1, -0.05) is 12.1 Å². The van der Waals surface area contributed by atoms with Crippen LogP contribution >= 0.6 is 0 Å². The van der Waals surface area contributed by atoms with E-state index in [4.69, 9.17) is 4.74 Å². The molecule has 0 bridgehead atoms. The van der Waals surface area contributed by atoms with Crippen LogP contribution in [0, 0.1) is 0 Å². The van der Waals surface area contributed by atoms with Crippen molar-refractivity contribution in [3.63, 3.8) is 0 Å². The first-order valence-electron chi connectivity index (χ1n) is 6.66. The third kappa shape index (κ3) is 3.71. The number of rotatable bonds is 3. The molecule has 0 amide bonds. The summed E-state index contributed by atoms with van der Waals surface area (Å²) < 4.78 is 45.7. The van der Waals surface area contributed by atoms with Gasteiger partial charge in [-0.25, -0.2) is 4.99 Å². The molecule has 0 spiro atoms. The fraction of sp³-hybridized carbons (Fsp3) is 0.200. The van der Waals surface area contributed by atoms with E-state index >= 15 is 0 Å². The number of alkyl halides is 3. The van der Waals surface area contributed by atoms with Crippen molar-refractivity contribution >= 4 is 5.90 Å². The van der Waals surface area contributed by atoms with Crippen molar-refractivity contribution in [1.82, 2.24) is 4.98 Å². The highest BCUT2D eigenvalue weighted by atomic mass is 19.4. The molecule has 1 aliphatic rings. The van der Waals surface area contributed by atoms with Crippen LogP contribution in [-0.4, -0.2) is 23.9 Å². The molecule has 3 rings (SSSR count). The fourth-order valence-corrected chi connectivity index (χ4v) is 2.14. The fourth-order valence-electron chi connectivity index (χ4n) is 2.14. The lowest BCUT2D eigenvalue weighted by molar-refractivity contribution is -0.274. The molecule has 1 aromatic heterocycles. The largest absolute Gasteiger partial charge is 0.573 e. The normalized spacial score (nSPS) is 17.5. The van der Waals surface area contributed by atoms with Gasteiger partial charge in [-0.3, -0.25) is 4.79 Å². The van der Waals surface area contributed by atoms with Crippen molar-refractivity contribution in [2.45, 2.75) is 12.4 Å². The van der Waals surface area contributed by atoms with Crippen molar-refractivity contribution in [1.29, 1.82) is 0 Å². The molecular formula is C15H11F3N2O3. The van der Waals surface area contributed by atoms with Crippen molar-refractivity contribution in [2.75, 3.05) is 6.61 Å². The van der Waals surface area contributed by atoms with Crippen molar-refractivity contribution in [3.05, 3.63) is 64.1 Å². The molecular weight excluding hydrogens is 313 g/mol. The highest BCUT2D eigenvalue weighted by molar-refractivity contribution is 5.94. The molecule has 2 heterocycles.